The second-order valence-electron chi connectivity index (χ2n) is 19.4. The van der Waals surface area contributed by atoms with Crippen LogP contribution in [-0.2, 0) is 14.4 Å². The fourth-order valence-corrected chi connectivity index (χ4v) is 8.97. The summed E-state index contributed by atoms with van der Waals surface area (Å²) in [5.41, 5.74) is 0. The maximum Gasteiger partial charge on any atom is 0.290 e. The van der Waals surface area contributed by atoms with E-state index in [0.29, 0.717) is 32.7 Å². The highest BCUT2D eigenvalue weighted by molar-refractivity contribution is 5.78. The van der Waals surface area contributed by atoms with Gasteiger partial charge < -0.3 is 24.7 Å². The van der Waals surface area contributed by atoms with Gasteiger partial charge in [0.15, 0.2) is 0 Å². The summed E-state index contributed by atoms with van der Waals surface area (Å²) in [5.74, 6) is 0.245. The molecule has 0 unspecified atom stereocenters. The Balaban J connectivity index is 0. The summed E-state index contributed by atoms with van der Waals surface area (Å²) < 4.78 is 0. The fraction of sp³-hybridized carbons (Fsp3) is 0.946. The first-order valence-electron chi connectivity index (χ1n) is 28.6. The molecule has 0 aromatic rings. The zero-order valence-corrected chi connectivity index (χ0v) is 44.8. The molecule has 1 aliphatic heterocycles. The zero-order valence-electron chi connectivity index (χ0n) is 44.8. The lowest BCUT2D eigenvalue weighted by Gasteiger charge is -2.34. The Hall–Kier alpha value is -1.71. The number of rotatable bonds is 46. The molecule has 0 aromatic carbocycles. The average Bonchev–Trinajstić information content (AvgIpc) is 3.32. The number of hydrogen-bond acceptors (Lipinski definition) is 6. The minimum Gasteiger partial charge on any atom is -0.483 e. The van der Waals surface area contributed by atoms with Gasteiger partial charge in [0.2, 0.25) is 12.3 Å². The van der Waals surface area contributed by atoms with Crippen LogP contribution in [-0.4, -0.2) is 133 Å². The lowest BCUT2D eigenvalue weighted by molar-refractivity contribution is -0.136. The highest BCUT2D eigenvalue weighted by Gasteiger charge is 2.22. The molecule has 0 spiro atoms. The molecule has 1 saturated heterocycles. The smallest absolute Gasteiger partial charge is 0.290 e. The van der Waals surface area contributed by atoms with Crippen molar-refractivity contribution in [3.8, 4) is 0 Å². The molecule has 0 radical (unpaired) electrons. The van der Waals surface area contributed by atoms with Gasteiger partial charge in [-0.3, -0.25) is 19.3 Å². The molecule has 0 bridgehead atoms. The van der Waals surface area contributed by atoms with Crippen LogP contribution in [0.3, 0.4) is 0 Å². The molecule has 0 saturated carbocycles. The number of carboxylic acid groups (broad SMARTS) is 1. The lowest BCUT2D eigenvalue weighted by Crippen LogP contribution is -2.51. The normalized spacial score (nSPS) is 12.7. The second kappa shape index (κ2) is 54.9. The molecule has 65 heavy (non-hydrogen) atoms. The van der Waals surface area contributed by atoms with Gasteiger partial charge in [-0.25, -0.2) is 0 Å². The Morgan fingerprint density at radius 1 is 0.385 bits per heavy atom. The van der Waals surface area contributed by atoms with Crippen molar-refractivity contribution < 1.29 is 19.5 Å². The van der Waals surface area contributed by atoms with Gasteiger partial charge in [-0.1, -0.05) is 228 Å². The fourth-order valence-electron chi connectivity index (χ4n) is 8.97. The lowest BCUT2D eigenvalue weighted by atomic mass is 10.1. The van der Waals surface area contributed by atoms with Crippen molar-refractivity contribution in [1.82, 2.24) is 24.5 Å². The molecule has 1 fully saturated rings. The highest BCUT2D eigenvalue weighted by atomic mass is 16.3. The van der Waals surface area contributed by atoms with Crippen molar-refractivity contribution in [3.63, 3.8) is 0 Å². The molecule has 0 aliphatic carbocycles. The minimum absolute atomic E-state index is 0.245. The number of piperazine rings is 1. The summed E-state index contributed by atoms with van der Waals surface area (Å²) in [6.07, 6.45) is 47.6. The van der Waals surface area contributed by atoms with Crippen molar-refractivity contribution in [1.29, 1.82) is 0 Å². The molecule has 9 heteroatoms. The summed E-state index contributed by atoms with van der Waals surface area (Å²) in [6.45, 7) is 26.1. The Morgan fingerprint density at radius 2 is 0.646 bits per heavy atom. The maximum absolute atomic E-state index is 13.3. The Bertz CT molecular complexity index is 932. The number of hydrogen-bond donors (Lipinski definition) is 1. The first-order chi connectivity index (χ1) is 31.9. The zero-order chi connectivity index (χ0) is 48.1. The van der Waals surface area contributed by atoms with Crippen molar-refractivity contribution in [2.24, 2.45) is 0 Å². The quantitative estimate of drug-likeness (QED) is 0.0481. The summed E-state index contributed by atoms with van der Waals surface area (Å²) in [4.78, 5) is 44.3. The molecule has 1 N–H and O–H groups in total. The van der Waals surface area contributed by atoms with Gasteiger partial charge in [0, 0.05) is 39.3 Å². The minimum atomic E-state index is -0.250. The number of carbonyl (C=O) groups is 3. The van der Waals surface area contributed by atoms with Crippen LogP contribution in [0.25, 0.3) is 0 Å². The number of carbonyl (C=O) groups excluding carboxylic acids is 2. The van der Waals surface area contributed by atoms with E-state index in [4.69, 9.17) is 9.90 Å². The van der Waals surface area contributed by atoms with Crippen LogP contribution in [0.2, 0.25) is 0 Å². The third kappa shape index (κ3) is 47.2. The SMILES string of the molecule is CCCCCCCCCN(CC)CCCCCCCC.CCCCCCCCCN(CCCCCCCCC)CCN(CCCCCCCCC)CC(=O)N1CCN(C=O)CC1.O=CO. The largest absolute Gasteiger partial charge is 0.483 e. The molecule has 1 rings (SSSR count). The Labute approximate surface area is 406 Å². The molecule has 0 aromatic heterocycles. The third-order valence-corrected chi connectivity index (χ3v) is 13.5. The molecule has 9 nitrogen and oxygen atoms in total. The van der Waals surface area contributed by atoms with Crippen molar-refractivity contribution >= 4 is 18.8 Å². The van der Waals surface area contributed by atoms with E-state index >= 15 is 0 Å². The predicted molar refractivity (Wildman–Crippen MR) is 283 cm³/mol. The summed E-state index contributed by atoms with van der Waals surface area (Å²) in [5, 5.41) is 6.89. The van der Waals surface area contributed by atoms with E-state index in [1.807, 2.05) is 4.90 Å². The molecule has 1 aliphatic rings. The van der Waals surface area contributed by atoms with E-state index in [0.717, 1.165) is 26.0 Å². The summed E-state index contributed by atoms with van der Waals surface area (Å²) in [6, 6.07) is 0. The van der Waals surface area contributed by atoms with E-state index in [1.165, 1.54) is 251 Å². The van der Waals surface area contributed by atoms with Crippen molar-refractivity contribution in [3.05, 3.63) is 0 Å². The van der Waals surface area contributed by atoms with Gasteiger partial charge in [0.25, 0.3) is 6.47 Å². The van der Waals surface area contributed by atoms with E-state index in [2.05, 4.69) is 56.2 Å². The first kappa shape index (κ1) is 65.4. The topological polar surface area (TPSA) is 87.6 Å². The van der Waals surface area contributed by atoms with Crippen LogP contribution in [0.1, 0.15) is 260 Å². The predicted octanol–water partition coefficient (Wildman–Crippen LogP) is 14.3. The number of unbranched alkanes of at least 4 members (excludes halogenated alkanes) is 29. The number of nitrogens with zero attached hydrogens (tertiary/aromatic N) is 5. The van der Waals surface area contributed by atoms with Crippen LogP contribution < -0.4 is 0 Å². The van der Waals surface area contributed by atoms with Gasteiger partial charge >= 0.3 is 0 Å². The van der Waals surface area contributed by atoms with Gasteiger partial charge in [-0.05, 0) is 71.4 Å². The van der Waals surface area contributed by atoms with Gasteiger partial charge in [-0.15, -0.1) is 0 Å². The molecule has 2 amide bonds. The summed E-state index contributed by atoms with van der Waals surface area (Å²) >= 11 is 0. The van der Waals surface area contributed by atoms with Crippen molar-refractivity contribution in [2.45, 2.75) is 260 Å². The Morgan fingerprint density at radius 3 is 0.938 bits per heavy atom. The number of amides is 2. The van der Waals surface area contributed by atoms with Crippen LogP contribution >= 0.6 is 0 Å². The van der Waals surface area contributed by atoms with Crippen LogP contribution in [0.4, 0.5) is 0 Å². The van der Waals surface area contributed by atoms with E-state index < -0.39 is 0 Å². The first-order valence-corrected chi connectivity index (χ1v) is 28.6. The standard InChI is InChI=1S/C36H72N4O2.C19H41N.CH2O2/c1-4-7-10-13-16-19-22-25-37(26-23-20-17-14-11-8-5-2)28-29-38(27-24-21-18-15-12-9-6-3)34-36(42)40-32-30-39(35-41)31-33-40;1-4-7-9-11-13-15-17-19-20(6-3)18-16-14-12-10-8-5-2;2-1-3/h35H,4-34H2,1-3H3;4-19H2,1-3H3;1H,(H,2,3). The molecular weight excluding hydrogens is 807 g/mol. The molecule has 388 valence electrons. The van der Waals surface area contributed by atoms with Crippen molar-refractivity contribution in [2.75, 3.05) is 85.1 Å². The highest BCUT2D eigenvalue weighted by Crippen LogP contribution is 2.13. The van der Waals surface area contributed by atoms with E-state index in [-0.39, 0.29) is 12.4 Å². The second-order valence-corrected chi connectivity index (χ2v) is 19.4. The third-order valence-electron chi connectivity index (χ3n) is 13.5. The monoisotopic (exact) mass is 922 g/mol. The van der Waals surface area contributed by atoms with Gasteiger partial charge in [0.1, 0.15) is 0 Å². The van der Waals surface area contributed by atoms with E-state index in [1.54, 1.807) is 4.90 Å². The van der Waals surface area contributed by atoms with Gasteiger partial charge in [0.05, 0.1) is 6.54 Å². The van der Waals surface area contributed by atoms with E-state index in [9.17, 15) is 9.59 Å². The summed E-state index contributed by atoms with van der Waals surface area (Å²) in [7, 11) is 0. The molecule has 1 heterocycles. The van der Waals surface area contributed by atoms with Crippen LogP contribution in [0.5, 0.6) is 0 Å². The Kier molecular flexibility index (Phi) is 55.2. The van der Waals surface area contributed by atoms with Crippen LogP contribution in [0.15, 0.2) is 0 Å². The van der Waals surface area contributed by atoms with Crippen LogP contribution in [0, 0.1) is 0 Å². The molecule has 0 atom stereocenters. The van der Waals surface area contributed by atoms with Gasteiger partial charge in [-0.2, -0.15) is 0 Å². The maximum atomic E-state index is 13.3. The average molecular weight is 923 g/mol. The molecular formula is C56H115N5O4.